The Bertz CT molecular complexity index is 388. The zero-order chi connectivity index (χ0) is 12.8. The molecule has 0 heterocycles. The Hall–Kier alpha value is -1.55. The summed E-state index contributed by atoms with van der Waals surface area (Å²) in [6.07, 6.45) is 1.09. The number of nitrogens with one attached hydrogen (secondary N) is 1. The predicted molar refractivity (Wildman–Crippen MR) is 66.1 cm³/mol. The lowest BCUT2D eigenvalue weighted by Crippen LogP contribution is -2.25. The van der Waals surface area contributed by atoms with Crippen molar-refractivity contribution in [2.24, 2.45) is 0 Å². The standard InChI is InChI=1S/C13H19NO3/c1-9-8-11(16)5-6-12(9)13(17)14-7-3-4-10(2)15/h5-6,8,10,15-16H,3-4,7H2,1-2H3,(H,14,17). The molecule has 0 bridgehead atoms. The van der Waals surface area contributed by atoms with Crippen LogP contribution in [0.15, 0.2) is 18.2 Å². The summed E-state index contributed by atoms with van der Waals surface area (Å²) in [4.78, 5) is 11.8. The first kappa shape index (κ1) is 13.5. The summed E-state index contributed by atoms with van der Waals surface area (Å²) in [5.74, 6) is 0.0150. The number of hydrogen-bond acceptors (Lipinski definition) is 3. The van der Waals surface area contributed by atoms with Crippen molar-refractivity contribution in [3.05, 3.63) is 29.3 Å². The van der Waals surface area contributed by atoms with Crippen LogP contribution in [-0.2, 0) is 0 Å². The van der Waals surface area contributed by atoms with Crippen molar-refractivity contribution in [2.45, 2.75) is 32.8 Å². The summed E-state index contributed by atoms with van der Waals surface area (Å²) in [5.41, 5.74) is 1.32. The Kier molecular flexibility index (Phi) is 4.97. The summed E-state index contributed by atoms with van der Waals surface area (Å²) in [7, 11) is 0. The molecule has 1 rings (SSSR count). The number of amides is 1. The summed E-state index contributed by atoms with van der Waals surface area (Å²) < 4.78 is 0. The maximum atomic E-state index is 11.8. The lowest BCUT2D eigenvalue weighted by atomic mass is 10.1. The van der Waals surface area contributed by atoms with Gasteiger partial charge in [0.2, 0.25) is 0 Å². The predicted octanol–water partition coefficient (Wildman–Crippen LogP) is 1.59. The second kappa shape index (κ2) is 6.25. The minimum atomic E-state index is -0.331. The first-order valence-electron chi connectivity index (χ1n) is 5.76. The van der Waals surface area contributed by atoms with Crippen LogP contribution in [0.5, 0.6) is 5.75 Å². The topological polar surface area (TPSA) is 69.6 Å². The number of rotatable bonds is 5. The Balaban J connectivity index is 2.47. The van der Waals surface area contributed by atoms with Gasteiger partial charge in [0, 0.05) is 12.1 Å². The molecule has 0 saturated heterocycles. The largest absolute Gasteiger partial charge is 0.508 e. The van der Waals surface area contributed by atoms with Crippen molar-refractivity contribution in [1.29, 1.82) is 0 Å². The molecule has 1 aromatic rings. The van der Waals surface area contributed by atoms with Gasteiger partial charge in [0.15, 0.2) is 0 Å². The van der Waals surface area contributed by atoms with Crippen LogP contribution in [0.4, 0.5) is 0 Å². The van der Waals surface area contributed by atoms with Crippen LogP contribution >= 0.6 is 0 Å². The van der Waals surface area contributed by atoms with Gasteiger partial charge in [-0.3, -0.25) is 4.79 Å². The minimum Gasteiger partial charge on any atom is -0.508 e. The first-order chi connectivity index (χ1) is 8.00. The zero-order valence-corrected chi connectivity index (χ0v) is 10.2. The lowest BCUT2D eigenvalue weighted by Gasteiger charge is -2.08. The molecule has 0 aromatic heterocycles. The molecular weight excluding hydrogens is 218 g/mol. The summed E-state index contributed by atoms with van der Waals surface area (Å²) in [6, 6.07) is 4.66. The van der Waals surface area contributed by atoms with E-state index >= 15 is 0 Å². The Morgan fingerprint density at radius 2 is 2.18 bits per heavy atom. The van der Waals surface area contributed by atoms with Crippen LogP contribution in [0.1, 0.15) is 35.7 Å². The smallest absolute Gasteiger partial charge is 0.251 e. The molecule has 94 valence electrons. The normalized spacial score (nSPS) is 12.2. The molecule has 0 aliphatic rings. The van der Waals surface area contributed by atoms with Gasteiger partial charge < -0.3 is 15.5 Å². The molecule has 0 aliphatic carbocycles. The highest BCUT2D eigenvalue weighted by Gasteiger charge is 2.08. The molecule has 1 aromatic carbocycles. The molecule has 1 unspecified atom stereocenters. The molecule has 0 radical (unpaired) electrons. The molecule has 1 atom stereocenters. The van der Waals surface area contributed by atoms with E-state index in [0.717, 1.165) is 12.0 Å². The van der Waals surface area contributed by atoms with Gasteiger partial charge in [0.05, 0.1) is 6.10 Å². The third-order valence-electron chi connectivity index (χ3n) is 2.54. The van der Waals surface area contributed by atoms with Gasteiger partial charge in [-0.1, -0.05) is 0 Å². The highest BCUT2D eigenvalue weighted by Crippen LogP contribution is 2.15. The number of benzene rings is 1. The quantitative estimate of drug-likeness (QED) is 0.681. The number of aliphatic hydroxyl groups is 1. The van der Waals surface area contributed by atoms with E-state index in [1.54, 1.807) is 26.0 Å². The number of aliphatic hydroxyl groups excluding tert-OH is 1. The van der Waals surface area contributed by atoms with Crippen molar-refractivity contribution >= 4 is 5.91 Å². The number of hydrogen-bond donors (Lipinski definition) is 3. The number of aryl methyl sites for hydroxylation is 1. The van der Waals surface area contributed by atoms with Gasteiger partial charge in [0.1, 0.15) is 5.75 Å². The maximum absolute atomic E-state index is 11.8. The van der Waals surface area contributed by atoms with Crippen LogP contribution in [0.2, 0.25) is 0 Å². The van der Waals surface area contributed by atoms with E-state index in [2.05, 4.69) is 5.32 Å². The van der Waals surface area contributed by atoms with Gasteiger partial charge in [-0.2, -0.15) is 0 Å². The summed E-state index contributed by atoms with van der Waals surface area (Å²) in [6.45, 7) is 4.06. The van der Waals surface area contributed by atoms with Crippen molar-refractivity contribution in [1.82, 2.24) is 5.32 Å². The van der Waals surface area contributed by atoms with Gasteiger partial charge in [-0.25, -0.2) is 0 Å². The van der Waals surface area contributed by atoms with Crippen molar-refractivity contribution in [3.63, 3.8) is 0 Å². The molecule has 0 aliphatic heterocycles. The number of carbonyl (C=O) groups is 1. The van der Waals surface area contributed by atoms with Crippen molar-refractivity contribution < 1.29 is 15.0 Å². The van der Waals surface area contributed by atoms with E-state index in [9.17, 15) is 9.90 Å². The van der Waals surface area contributed by atoms with Crippen LogP contribution < -0.4 is 5.32 Å². The molecule has 0 fully saturated rings. The average Bonchev–Trinajstić information content (AvgIpc) is 2.23. The number of phenolic OH excluding ortho intramolecular Hbond substituents is 1. The fraction of sp³-hybridized carbons (Fsp3) is 0.462. The average molecular weight is 237 g/mol. The van der Waals surface area contributed by atoms with Crippen LogP contribution in [0.3, 0.4) is 0 Å². The van der Waals surface area contributed by atoms with Crippen LogP contribution in [0.25, 0.3) is 0 Å². The fourth-order valence-corrected chi connectivity index (χ4v) is 1.60. The fourth-order valence-electron chi connectivity index (χ4n) is 1.60. The molecule has 0 spiro atoms. The molecule has 4 heteroatoms. The molecule has 1 amide bonds. The zero-order valence-electron chi connectivity index (χ0n) is 10.2. The number of phenols is 1. The number of carbonyl (C=O) groups excluding carboxylic acids is 1. The highest BCUT2D eigenvalue weighted by atomic mass is 16.3. The minimum absolute atomic E-state index is 0.145. The third kappa shape index (κ3) is 4.44. The van der Waals surface area contributed by atoms with E-state index in [-0.39, 0.29) is 17.8 Å². The lowest BCUT2D eigenvalue weighted by molar-refractivity contribution is 0.0949. The first-order valence-corrected chi connectivity index (χ1v) is 5.76. The Labute approximate surface area is 101 Å². The van der Waals surface area contributed by atoms with Gasteiger partial charge in [-0.15, -0.1) is 0 Å². The summed E-state index contributed by atoms with van der Waals surface area (Å²) in [5, 5.41) is 21.1. The van der Waals surface area contributed by atoms with E-state index < -0.39 is 0 Å². The van der Waals surface area contributed by atoms with Crippen molar-refractivity contribution in [3.8, 4) is 5.75 Å². The van der Waals surface area contributed by atoms with E-state index in [4.69, 9.17) is 5.11 Å². The molecule has 3 N–H and O–H groups in total. The maximum Gasteiger partial charge on any atom is 0.251 e. The van der Waals surface area contributed by atoms with Gasteiger partial charge in [-0.05, 0) is 50.5 Å². The molecular formula is C13H19NO3. The Morgan fingerprint density at radius 3 is 2.76 bits per heavy atom. The Morgan fingerprint density at radius 1 is 1.47 bits per heavy atom. The second-order valence-electron chi connectivity index (χ2n) is 4.25. The molecule has 0 saturated carbocycles. The van der Waals surface area contributed by atoms with Crippen LogP contribution in [-0.4, -0.2) is 28.8 Å². The second-order valence-corrected chi connectivity index (χ2v) is 4.25. The van der Waals surface area contributed by atoms with Crippen LogP contribution in [0, 0.1) is 6.92 Å². The SMILES string of the molecule is Cc1cc(O)ccc1C(=O)NCCCC(C)O. The van der Waals surface area contributed by atoms with E-state index in [1.807, 2.05) is 0 Å². The van der Waals surface area contributed by atoms with E-state index in [0.29, 0.717) is 18.5 Å². The highest BCUT2D eigenvalue weighted by molar-refractivity contribution is 5.95. The molecule has 17 heavy (non-hydrogen) atoms. The number of aromatic hydroxyl groups is 1. The van der Waals surface area contributed by atoms with Gasteiger partial charge in [0.25, 0.3) is 5.91 Å². The molecule has 4 nitrogen and oxygen atoms in total. The van der Waals surface area contributed by atoms with Crippen molar-refractivity contribution in [2.75, 3.05) is 6.54 Å². The monoisotopic (exact) mass is 237 g/mol. The third-order valence-corrected chi connectivity index (χ3v) is 2.54. The van der Waals surface area contributed by atoms with E-state index in [1.165, 1.54) is 6.07 Å². The summed E-state index contributed by atoms with van der Waals surface area (Å²) >= 11 is 0. The van der Waals surface area contributed by atoms with Gasteiger partial charge >= 0.3 is 0 Å².